The Morgan fingerprint density at radius 1 is 1.00 bits per heavy atom. The van der Waals surface area contributed by atoms with Crippen LogP contribution in [0.25, 0.3) is 0 Å². The highest BCUT2D eigenvalue weighted by atomic mass is 16.5. The first-order chi connectivity index (χ1) is 9.33. The largest absolute Gasteiger partial charge is 0.497 e. The molecule has 2 aromatic carbocycles. The lowest BCUT2D eigenvalue weighted by atomic mass is 10.2. The molecule has 0 amide bonds. The quantitative estimate of drug-likeness (QED) is 0.863. The van der Waals surface area contributed by atoms with Crippen LogP contribution in [-0.2, 0) is 13.2 Å². The normalized spacial score (nSPS) is 10.2. The van der Waals surface area contributed by atoms with Gasteiger partial charge in [0, 0.05) is 12.1 Å². The molecule has 3 nitrogen and oxygen atoms in total. The zero-order valence-corrected chi connectivity index (χ0v) is 11.3. The highest BCUT2D eigenvalue weighted by molar-refractivity contribution is 5.34. The molecule has 0 aliphatic carbocycles. The standard InChI is InChI=1S/C16H19NO2/c1-17-11-14-5-3-4-6-16(14)19-12-13-7-9-15(18-2)10-8-13/h3-10,17H,11-12H2,1-2H3. The van der Waals surface area contributed by atoms with Crippen LogP contribution in [0.15, 0.2) is 48.5 Å². The van der Waals surface area contributed by atoms with Crippen LogP contribution in [0.4, 0.5) is 0 Å². The Kier molecular flexibility index (Phi) is 4.81. The first kappa shape index (κ1) is 13.4. The fourth-order valence-electron chi connectivity index (χ4n) is 1.86. The molecular weight excluding hydrogens is 238 g/mol. The second-order valence-corrected chi connectivity index (χ2v) is 4.27. The summed E-state index contributed by atoms with van der Waals surface area (Å²) in [6.45, 7) is 1.36. The Hall–Kier alpha value is -2.00. The molecule has 0 unspecified atom stereocenters. The van der Waals surface area contributed by atoms with Gasteiger partial charge in [-0.25, -0.2) is 0 Å². The van der Waals surface area contributed by atoms with E-state index in [1.54, 1.807) is 7.11 Å². The summed E-state index contributed by atoms with van der Waals surface area (Å²) in [5, 5.41) is 3.14. The van der Waals surface area contributed by atoms with E-state index in [1.165, 1.54) is 5.56 Å². The van der Waals surface area contributed by atoms with Crippen LogP contribution in [0.3, 0.4) is 0 Å². The molecule has 0 aromatic heterocycles. The molecule has 19 heavy (non-hydrogen) atoms. The molecule has 0 fully saturated rings. The summed E-state index contributed by atoms with van der Waals surface area (Å²) in [6, 6.07) is 16.0. The zero-order valence-electron chi connectivity index (χ0n) is 11.3. The Bertz CT molecular complexity index is 508. The van der Waals surface area contributed by atoms with E-state index in [0.717, 1.165) is 23.6 Å². The van der Waals surface area contributed by atoms with Gasteiger partial charge in [0.15, 0.2) is 0 Å². The van der Waals surface area contributed by atoms with Crippen LogP contribution in [0, 0.1) is 0 Å². The Labute approximate surface area is 114 Å². The molecule has 0 saturated heterocycles. The van der Waals surface area contributed by atoms with Gasteiger partial charge in [-0.3, -0.25) is 0 Å². The average molecular weight is 257 g/mol. The minimum atomic E-state index is 0.560. The van der Waals surface area contributed by atoms with Crippen molar-refractivity contribution in [1.29, 1.82) is 0 Å². The van der Waals surface area contributed by atoms with Gasteiger partial charge in [0.25, 0.3) is 0 Å². The highest BCUT2D eigenvalue weighted by Crippen LogP contribution is 2.20. The second kappa shape index (κ2) is 6.81. The molecule has 0 heterocycles. The Balaban J connectivity index is 2.01. The number of hydrogen-bond acceptors (Lipinski definition) is 3. The molecule has 2 aromatic rings. The molecular formula is C16H19NO2. The van der Waals surface area contributed by atoms with Gasteiger partial charge < -0.3 is 14.8 Å². The fraction of sp³-hybridized carbons (Fsp3) is 0.250. The summed E-state index contributed by atoms with van der Waals surface area (Å²) >= 11 is 0. The van der Waals surface area contributed by atoms with Crippen molar-refractivity contribution in [3.8, 4) is 11.5 Å². The first-order valence-corrected chi connectivity index (χ1v) is 6.31. The van der Waals surface area contributed by atoms with Crippen molar-refractivity contribution in [2.45, 2.75) is 13.2 Å². The van der Waals surface area contributed by atoms with Crippen molar-refractivity contribution in [2.24, 2.45) is 0 Å². The van der Waals surface area contributed by atoms with Crippen molar-refractivity contribution in [3.05, 3.63) is 59.7 Å². The lowest BCUT2D eigenvalue weighted by molar-refractivity contribution is 0.302. The molecule has 0 aliphatic rings. The number of rotatable bonds is 6. The van der Waals surface area contributed by atoms with Crippen LogP contribution in [0.1, 0.15) is 11.1 Å². The summed E-state index contributed by atoms with van der Waals surface area (Å²) in [5.74, 6) is 1.78. The maximum absolute atomic E-state index is 5.87. The summed E-state index contributed by atoms with van der Waals surface area (Å²) in [7, 11) is 3.60. The van der Waals surface area contributed by atoms with Gasteiger partial charge >= 0.3 is 0 Å². The van der Waals surface area contributed by atoms with Gasteiger partial charge in [-0.15, -0.1) is 0 Å². The van der Waals surface area contributed by atoms with Crippen molar-refractivity contribution in [2.75, 3.05) is 14.2 Å². The highest BCUT2D eigenvalue weighted by Gasteiger charge is 2.02. The van der Waals surface area contributed by atoms with Crippen LogP contribution in [0.5, 0.6) is 11.5 Å². The first-order valence-electron chi connectivity index (χ1n) is 6.31. The lowest BCUT2D eigenvalue weighted by Crippen LogP contribution is -2.07. The number of hydrogen-bond donors (Lipinski definition) is 1. The third-order valence-corrected chi connectivity index (χ3v) is 2.89. The molecule has 0 radical (unpaired) electrons. The van der Waals surface area contributed by atoms with Gasteiger partial charge in [0.05, 0.1) is 7.11 Å². The van der Waals surface area contributed by atoms with Gasteiger partial charge in [-0.05, 0) is 30.8 Å². The van der Waals surface area contributed by atoms with Crippen LogP contribution < -0.4 is 14.8 Å². The molecule has 0 spiro atoms. The SMILES string of the molecule is CNCc1ccccc1OCc1ccc(OC)cc1. The number of methoxy groups -OCH3 is 1. The molecule has 0 bridgehead atoms. The Morgan fingerprint density at radius 3 is 2.42 bits per heavy atom. The third-order valence-electron chi connectivity index (χ3n) is 2.89. The van der Waals surface area contributed by atoms with E-state index < -0.39 is 0 Å². The minimum Gasteiger partial charge on any atom is -0.497 e. The van der Waals surface area contributed by atoms with E-state index in [0.29, 0.717) is 6.61 Å². The van der Waals surface area contributed by atoms with Crippen LogP contribution in [0.2, 0.25) is 0 Å². The molecule has 0 atom stereocenters. The van der Waals surface area contributed by atoms with Gasteiger partial charge in [-0.2, -0.15) is 0 Å². The van der Waals surface area contributed by atoms with E-state index in [9.17, 15) is 0 Å². The van der Waals surface area contributed by atoms with Gasteiger partial charge in [0.2, 0.25) is 0 Å². The maximum atomic E-state index is 5.87. The predicted octanol–water partition coefficient (Wildman–Crippen LogP) is 2.99. The molecule has 100 valence electrons. The summed E-state index contributed by atoms with van der Waals surface area (Å²) in [6.07, 6.45) is 0. The van der Waals surface area contributed by atoms with E-state index in [1.807, 2.05) is 49.5 Å². The number of ether oxygens (including phenoxy) is 2. The molecule has 3 heteroatoms. The predicted molar refractivity (Wildman–Crippen MR) is 76.5 cm³/mol. The van der Waals surface area contributed by atoms with Crippen molar-refractivity contribution in [1.82, 2.24) is 5.32 Å². The molecule has 1 N–H and O–H groups in total. The van der Waals surface area contributed by atoms with Crippen LogP contribution in [-0.4, -0.2) is 14.2 Å². The number of nitrogens with one attached hydrogen (secondary N) is 1. The monoisotopic (exact) mass is 257 g/mol. The maximum Gasteiger partial charge on any atom is 0.124 e. The number of para-hydroxylation sites is 1. The summed E-state index contributed by atoms with van der Waals surface area (Å²) in [4.78, 5) is 0. The average Bonchev–Trinajstić information content (AvgIpc) is 2.47. The Morgan fingerprint density at radius 2 is 1.74 bits per heavy atom. The summed E-state index contributed by atoms with van der Waals surface area (Å²) < 4.78 is 11.0. The smallest absolute Gasteiger partial charge is 0.124 e. The van der Waals surface area contributed by atoms with E-state index in [-0.39, 0.29) is 0 Å². The lowest BCUT2D eigenvalue weighted by Gasteiger charge is -2.11. The third kappa shape index (κ3) is 3.73. The van der Waals surface area contributed by atoms with Gasteiger partial charge in [0.1, 0.15) is 18.1 Å². The van der Waals surface area contributed by atoms with Crippen molar-refractivity contribution < 1.29 is 9.47 Å². The fourth-order valence-corrected chi connectivity index (χ4v) is 1.86. The molecule has 0 saturated carbocycles. The second-order valence-electron chi connectivity index (χ2n) is 4.27. The van der Waals surface area contributed by atoms with Crippen LogP contribution >= 0.6 is 0 Å². The number of benzene rings is 2. The van der Waals surface area contributed by atoms with E-state index >= 15 is 0 Å². The molecule has 0 aliphatic heterocycles. The molecule has 2 rings (SSSR count). The minimum absolute atomic E-state index is 0.560. The van der Waals surface area contributed by atoms with E-state index in [2.05, 4.69) is 11.4 Å². The topological polar surface area (TPSA) is 30.5 Å². The summed E-state index contributed by atoms with van der Waals surface area (Å²) in [5.41, 5.74) is 2.29. The van der Waals surface area contributed by atoms with Crippen molar-refractivity contribution >= 4 is 0 Å². The van der Waals surface area contributed by atoms with E-state index in [4.69, 9.17) is 9.47 Å². The van der Waals surface area contributed by atoms with Gasteiger partial charge in [-0.1, -0.05) is 30.3 Å². The van der Waals surface area contributed by atoms with Crippen molar-refractivity contribution in [3.63, 3.8) is 0 Å². The zero-order chi connectivity index (χ0) is 13.5.